The highest BCUT2D eigenvalue weighted by atomic mass is 19.1. The molecule has 4 heterocycles. The number of nitrogens with one attached hydrogen (secondary N) is 2. The zero-order valence-corrected chi connectivity index (χ0v) is 14.2. The molecule has 0 aliphatic rings. The molecule has 0 fully saturated rings. The van der Waals surface area contributed by atoms with Crippen molar-refractivity contribution in [2.45, 2.75) is 13.0 Å². The smallest absolute Gasteiger partial charge is 0.170 e. The largest absolute Gasteiger partial charge is 0.394 e. The Morgan fingerprint density at radius 1 is 1.26 bits per heavy atom. The Morgan fingerprint density at radius 3 is 2.78 bits per heavy atom. The number of hydrogen-bond acceptors (Lipinski definition) is 6. The lowest BCUT2D eigenvalue weighted by molar-refractivity contribution is 0.248. The van der Waals surface area contributed by atoms with Crippen LogP contribution in [0.1, 0.15) is 17.4 Å². The third-order valence-electron chi connectivity index (χ3n) is 4.06. The molecule has 0 bridgehead atoms. The fourth-order valence-corrected chi connectivity index (χ4v) is 2.76. The summed E-state index contributed by atoms with van der Waals surface area (Å²) in [5.41, 5.74) is 1.90. The molecule has 0 aliphatic heterocycles. The van der Waals surface area contributed by atoms with E-state index < -0.39 is 17.7 Å². The first kappa shape index (κ1) is 17.0. The molecule has 0 aliphatic carbocycles. The van der Waals surface area contributed by atoms with E-state index in [9.17, 15) is 13.9 Å². The number of imidazole rings is 1. The molecule has 0 radical (unpaired) electrons. The van der Waals surface area contributed by atoms with Gasteiger partial charge in [0.2, 0.25) is 0 Å². The van der Waals surface area contributed by atoms with Crippen molar-refractivity contribution in [3.8, 4) is 0 Å². The number of fused-ring (bicyclic) bond motifs is 1. The van der Waals surface area contributed by atoms with Gasteiger partial charge in [0.05, 0.1) is 24.8 Å². The summed E-state index contributed by atoms with van der Waals surface area (Å²) in [7, 11) is 0. The first-order valence-electron chi connectivity index (χ1n) is 8.09. The Balaban J connectivity index is 1.76. The van der Waals surface area contributed by atoms with Crippen LogP contribution in [0.25, 0.3) is 11.2 Å². The molecule has 10 heteroatoms. The van der Waals surface area contributed by atoms with Crippen LogP contribution in [0.3, 0.4) is 0 Å². The molecule has 0 unspecified atom stereocenters. The second kappa shape index (κ2) is 6.72. The highest BCUT2D eigenvalue weighted by molar-refractivity contribution is 5.74. The normalized spacial score (nSPS) is 12.4. The Morgan fingerprint density at radius 2 is 2.11 bits per heavy atom. The Kier molecular flexibility index (Phi) is 4.24. The number of aliphatic hydroxyl groups excluding tert-OH is 1. The van der Waals surface area contributed by atoms with Crippen molar-refractivity contribution in [3.05, 3.63) is 59.8 Å². The van der Waals surface area contributed by atoms with Gasteiger partial charge in [0.1, 0.15) is 17.4 Å². The number of aryl methyl sites for hydroxylation is 1. The van der Waals surface area contributed by atoms with Gasteiger partial charge in [0.25, 0.3) is 0 Å². The number of aromatic amines is 1. The average Bonchev–Trinajstić information content (AvgIpc) is 3.24. The summed E-state index contributed by atoms with van der Waals surface area (Å²) in [4.78, 5) is 12.4. The molecular weight excluding hydrogens is 356 g/mol. The van der Waals surface area contributed by atoms with Crippen molar-refractivity contribution in [2.24, 2.45) is 0 Å². The van der Waals surface area contributed by atoms with Gasteiger partial charge in [0.15, 0.2) is 23.1 Å². The van der Waals surface area contributed by atoms with Gasteiger partial charge in [-0.3, -0.25) is 10.1 Å². The van der Waals surface area contributed by atoms with Crippen molar-refractivity contribution in [2.75, 3.05) is 11.9 Å². The van der Waals surface area contributed by atoms with Crippen LogP contribution in [0.5, 0.6) is 0 Å². The van der Waals surface area contributed by atoms with E-state index in [-0.39, 0.29) is 12.4 Å². The molecule has 0 saturated heterocycles. The lowest BCUT2D eigenvalue weighted by Crippen LogP contribution is -2.16. The summed E-state index contributed by atoms with van der Waals surface area (Å²) in [5.74, 6) is -0.677. The molecule has 138 valence electrons. The Bertz CT molecular complexity index is 1090. The number of rotatable bonds is 5. The van der Waals surface area contributed by atoms with E-state index in [1.54, 1.807) is 10.6 Å². The van der Waals surface area contributed by atoms with Crippen LogP contribution in [0.2, 0.25) is 0 Å². The summed E-state index contributed by atoms with van der Waals surface area (Å²) in [6.07, 6.45) is 2.50. The quantitative estimate of drug-likeness (QED) is 0.498. The zero-order chi connectivity index (χ0) is 19.0. The van der Waals surface area contributed by atoms with Crippen molar-refractivity contribution >= 4 is 22.8 Å². The third-order valence-corrected chi connectivity index (χ3v) is 4.06. The molecule has 0 saturated carbocycles. The summed E-state index contributed by atoms with van der Waals surface area (Å²) in [6, 6.07) is 5.03. The van der Waals surface area contributed by atoms with Crippen LogP contribution in [0.15, 0.2) is 36.8 Å². The number of pyridine rings is 2. The minimum atomic E-state index is -0.644. The number of anilines is 2. The van der Waals surface area contributed by atoms with E-state index in [0.29, 0.717) is 22.7 Å². The number of aromatic nitrogens is 6. The zero-order valence-electron chi connectivity index (χ0n) is 14.2. The van der Waals surface area contributed by atoms with Gasteiger partial charge < -0.3 is 15.0 Å². The van der Waals surface area contributed by atoms with Crippen molar-refractivity contribution in [1.82, 2.24) is 29.7 Å². The number of aliphatic hydroxyl groups is 1. The van der Waals surface area contributed by atoms with E-state index in [4.69, 9.17) is 0 Å². The van der Waals surface area contributed by atoms with E-state index in [1.807, 2.05) is 6.92 Å². The Hall–Kier alpha value is -3.40. The SMILES string of the molecule is Cc1cc(Nc2nc3c(cc2F)ncn3[C@@H](CO)c2ccc(F)cn2)n[nH]1. The van der Waals surface area contributed by atoms with Gasteiger partial charge in [0, 0.05) is 17.8 Å². The summed E-state index contributed by atoms with van der Waals surface area (Å²) in [5, 5.41) is 19.4. The first-order chi connectivity index (χ1) is 13.0. The van der Waals surface area contributed by atoms with Crippen molar-refractivity contribution in [3.63, 3.8) is 0 Å². The molecular formula is C17H15F2N7O. The van der Waals surface area contributed by atoms with Crippen LogP contribution < -0.4 is 5.32 Å². The van der Waals surface area contributed by atoms with Crippen LogP contribution in [-0.2, 0) is 0 Å². The minimum absolute atomic E-state index is 0.0282. The lowest BCUT2D eigenvalue weighted by atomic mass is 10.2. The fraction of sp³-hybridized carbons (Fsp3) is 0.176. The maximum absolute atomic E-state index is 14.4. The average molecular weight is 371 g/mol. The molecule has 4 rings (SSSR count). The van der Waals surface area contributed by atoms with Gasteiger partial charge in [-0.1, -0.05) is 0 Å². The molecule has 0 aromatic carbocycles. The van der Waals surface area contributed by atoms with E-state index in [0.717, 1.165) is 11.9 Å². The molecule has 8 nitrogen and oxygen atoms in total. The topological polar surface area (TPSA) is 105 Å². The second-order valence-electron chi connectivity index (χ2n) is 5.97. The molecule has 1 atom stereocenters. The predicted octanol–water partition coefficient (Wildman–Crippen LogP) is 2.46. The van der Waals surface area contributed by atoms with Gasteiger partial charge >= 0.3 is 0 Å². The van der Waals surface area contributed by atoms with Gasteiger partial charge in [-0.2, -0.15) is 5.10 Å². The maximum atomic E-state index is 14.4. The van der Waals surface area contributed by atoms with E-state index in [2.05, 4.69) is 30.5 Å². The molecule has 4 aromatic heterocycles. The standard InChI is InChI=1S/C17H15F2N7O/c1-9-4-15(25-24-9)22-16-11(19)5-13-17(23-16)26(8-21-13)14(7-27)12-3-2-10(18)6-20-12/h2-6,8,14,27H,7H2,1H3,(H2,22,23,24,25)/t14-/m0/s1. The number of hydrogen-bond donors (Lipinski definition) is 3. The maximum Gasteiger partial charge on any atom is 0.170 e. The number of nitrogens with zero attached hydrogens (tertiary/aromatic N) is 5. The number of H-pyrrole nitrogens is 1. The van der Waals surface area contributed by atoms with Crippen molar-refractivity contribution < 1.29 is 13.9 Å². The van der Waals surface area contributed by atoms with Crippen LogP contribution in [0, 0.1) is 18.6 Å². The summed E-state index contributed by atoms with van der Waals surface area (Å²) >= 11 is 0. The Labute approximate surface area is 151 Å². The van der Waals surface area contributed by atoms with Gasteiger partial charge in [-0.05, 0) is 19.1 Å². The first-order valence-corrected chi connectivity index (χ1v) is 8.09. The third kappa shape index (κ3) is 3.22. The van der Waals surface area contributed by atoms with Crippen LogP contribution in [-0.4, -0.2) is 41.4 Å². The fourth-order valence-electron chi connectivity index (χ4n) is 2.76. The second-order valence-corrected chi connectivity index (χ2v) is 5.97. The molecule has 4 aromatic rings. The van der Waals surface area contributed by atoms with E-state index in [1.165, 1.54) is 24.5 Å². The summed E-state index contributed by atoms with van der Waals surface area (Å²) in [6.45, 7) is 1.51. The van der Waals surface area contributed by atoms with Crippen LogP contribution >= 0.6 is 0 Å². The van der Waals surface area contributed by atoms with Crippen molar-refractivity contribution in [1.29, 1.82) is 0 Å². The summed E-state index contributed by atoms with van der Waals surface area (Å²) < 4.78 is 29.1. The highest BCUT2D eigenvalue weighted by Gasteiger charge is 2.20. The van der Waals surface area contributed by atoms with E-state index >= 15 is 0 Å². The molecule has 27 heavy (non-hydrogen) atoms. The monoisotopic (exact) mass is 371 g/mol. The molecule has 0 amide bonds. The van der Waals surface area contributed by atoms with Gasteiger partial charge in [-0.25, -0.2) is 18.7 Å². The molecule has 0 spiro atoms. The lowest BCUT2D eigenvalue weighted by Gasteiger charge is -2.16. The van der Waals surface area contributed by atoms with Gasteiger partial charge in [-0.15, -0.1) is 0 Å². The highest BCUT2D eigenvalue weighted by Crippen LogP contribution is 2.25. The number of halogens is 2. The predicted molar refractivity (Wildman–Crippen MR) is 93.5 cm³/mol. The minimum Gasteiger partial charge on any atom is -0.394 e. The van der Waals surface area contributed by atoms with Crippen LogP contribution in [0.4, 0.5) is 20.4 Å². The molecule has 3 N–H and O–H groups in total.